The molecule has 2 aliphatic heterocycles. The first-order valence-corrected chi connectivity index (χ1v) is 16.5. The number of aryl methyl sites for hydroxylation is 1. The lowest BCUT2D eigenvalue weighted by molar-refractivity contribution is -0.142. The SMILES string of the molecule is CC(C)(C)CC(=O)N1CC=C(c2cccc(C3(c4nc5c(c(=O)[nH]4)CN(C(=O)[C@H](O)c4cccc(C(F)(F)F)c4)CCC5)CC3)c2)CC1. The minimum Gasteiger partial charge on any atom is -0.378 e. The van der Waals surface area contributed by atoms with Gasteiger partial charge in [-0.05, 0) is 71.9 Å². The van der Waals surface area contributed by atoms with Crippen molar-refractivity contribution in [3.05, 3.63) is 104 Å². The van der Waals surface area contributed by atoms with Gasteiger partial charge < -0.3 is 19.9 Å². The third kappa shape index (κ3) is 6.97. The Balaban J connectivity index is 1.20. The lowest BCUT2D eigenvalue weighted by Crippen LogP contribution is -2.36. The topological polar surface area (TPSA) is 107 Å². The summed E-state index contributed by atoms with van der Waals surface area (Å²) in [5, 5.41) is 10.7. The van der Waals surface area contributed by atoms with Gasteiger partial charge in [-0.1, -0.05) is 63.2 Å². The number of aliphatic hydroxyl groups excluding tert-OH is 1. The smallest absolute Gasteiger partial charge is 0.378 e. The fraction of sp³-hybridized carbons (Fsp3) is 0.459. The van der Waals surface area contributed by atoms with Crippen LogP contribution in [0, 0.1) is 5.41 Å². The highest BCUT2D eigenvalue weighted by Crippen LogP contribution is 2.52. The lowest BCUT2D eigenvalue weighted by Gasteiger charge is -2.29. The number of carbonyl (C=O) groups is 2. The molecule has 0 bridgehead atoms. The fourth-order valence-electron chi connectivity index (χ4n) is 6.76. The number of rotatable bonds is 6. The van der Waals surface area contributed by atoms with Crippen molar-refractivity contribution < 1.29 is 27.9 Å². The molecular weight excluding hydrogens is 621 g/mol. The molecule has 8 nitrogen and oxygen atoms in total. The summed E-state index contributed by atoms with van der Waals surface area (Å²) >= 11 is 0. The molecule has 0 saturated heterocycles. The molecular formula is C37H41F3N4O4. The van der Waals surface area contributed by atoms with Gasteiger partial charge in [0.05, 0.1) is 28.8 Å². The number of nitrogens with zero attached hydrogens (tertiary/aromatic N) is 3. The first kappa shape index (κ1) is 33.6. The fourth-order valence-corrected chi connectivity index (χ4v) is 6.76. The van der Waals surface area contributed by atoms with Gasteiger partial charge in [0.2, 0.25) is 5.91 Å². The van der Waals surface area contributed by atoms with Crippen LogP contribution < -0.4 is 5.56 Å². The number of nitrogens with one attached hydrogen (secondary N) is 1. The Kier molecular flexibility index (Phi) is 8.87. The maximum Gasteiger partial charge on any atom is 0.416 e. The predicted molar refractivity (Wildman–Crippen MR) is 175 cm³/mol. The molecule has 0 unspecified atom stereocenters. The average molecular weight is 663 g/mol. The molecule has 1 saturated carbocycles. The van der Waals surface area contributed by atoms with Crippen LogP contribution in [0.1, 0.15) is 98.3 Å². The lowest BCUT2D eigenvalue weighted by atomic mass is 9.89. The van der Waals surface area contributed by atoms with Gasteiger partial charge in [0.25, 0.3) is 11.5 Å². The minimum absolute atomic E-state index is 0.0618. The number of carbonyl (C=O) groups excluding carboxylic acids is 2. The maximum atomic E-state index is 13.5. The number of aromatic nitrogens is 2. The number of aromatic amines is 1. The molecule has 6 rings (SSSR count). The molecule has 3 aliphatic rings. The van der Waals surface area contributed by atoms with Crippen LogP contribution >= 0.6 is 0 Å². The zero-order chi connectivity index (χ0) is 34.4. The molecule has 3 heterocycles. The summed E-state index contributed by atoms with van der Waals surface area (Å²) in [4.78, 5) is 50.7. The molecule has 3 aromatic rings. The molecule has 1 atom stereocenters. The number of amides is 2. The summed E-state index contributed by atoms with van der Waals surface area (Å²) in [6.45, 7) is 7.58. The number of hydrogen-bond acceptors (Lipinski definition) is 5. The van der Waals surface area contributed by atoms with Crippen LogP contribution in [0.3, 0.4) is 0 Å². The second-order valence-electron chi connectivity index (χ2n) is 14.4. The number of hydrogen-bond donors (Lipinski definition) is 2. The number of fused-ring (bicyclic) bond motifs is 1. The van der Waals surface area contributed by atoms with E-state index >= 15 is 0 Å². The first-order chi connectivity index (χ1) is 22.6. The molecule has 1 aromatic heterocycles. The van der Waals surface area contributed by atoms with E-state index < -0.39 is 29.2 Å². The van der Waals surface area contributed by atoms with E-state index in [9.17, 15) is 32.7 Å². The molecule has 2 N–H and O–H groups in total. The molecule has 48 heavy (non-hydrogen) atoms. The quantitative estimate of drug-likeness (QED) is 0.341. The monoisotopic (exact) mass is 662 g/mol. The molecule has 2 amide bonds. The Morgan fingerprint density at radius 1 is 1.02 bits per heavy atom. The average Bonchev–Trinajstić information content (AvgIpc) is 3.88. The number of halogens is 3. The summed E-state index contributed by atoms with van der Waals surface area (Å²) in [6.07, 6.45) is -0.441. The molecule has 11 heteroatoms. The van der Waals surface area contributed by atoms with Crippen LogP contribution in [0.2, 0.25) is 0 Å². The van der Waals surface area contributed by atoms with Gasteiger partial charge in [0, 0.05) is 26.1 Å². The third-order valence-electron chi connectivity index (χ3n) is 9.60. The molecule has 0 spiro atoms. The van der Waals surface area contributed by atoms with Crippen molar-refractivity contribution in [1.29, 1.82) is 0 Å². The van der Waals surface area contributed by atoms with Crippen molar-refractivity contribution in [2.24, 2.45) is 5.41 Å². The van der Waals surface area contributed by atoms with Crippen molar-refractivity contribution >= 4 is 17.4 Å². The minimum atomic E-state index is -4.61. The van der Waals surface area contributed by atoms with Crippen molar-refractivity contribution in [1.82, 2.24) is 19.8 Å². The Morgan fingerprint density at radius 3 is 2.44 bits per heavy atom. The van der Waals surface area contributed by atoms with E-state index in [1.54, 1.807) is 0 Å². The van der Waals surface area contributed by atoms with Gasteiger partial charge in [-0.2, -0.15) is 13.2 Å². The highest BCUT2D eigenvalue weighted by molar-refractivity contribution is 5.82. The van der Waals surface area contributed by atoms with E-state index in [-0.39, 0.29) is 35.5 Å². The molecule has 0 radical (unpaired) electrons. The highest BCUT2D eigenvalue weighted by Gasteiger charge is 2.49. The van der Waals surface area contributed by atoms with Gasteiger partial charge in [0.15, 0.2) is 6.10 Å². The zero-order valence-corrected chi connectivity index (χ0v) is 27.5. The summed E-state index contributed by atoms with van der Waals surface area (Å²) in [5.41, 5.74) is 2.29. The van der Waals surface area contributed by atoms with Gasteiger partial charge in [0.1, 0.15) is 5.82 Å². The molecule has 254 valence electrons. The molecule has 1 aliphatic carbocycles. The largest absolute Gasteiger partial charge is 0.416 e. The third-order valence-corrected chi connectivity index (χ3v) is 9.60. The van der Waals surface area contributed by atoms with Crippen LogP contribution in [0.5, 0.6) is 0 Å². The van der Waals surface area contributed by atoms with Gasteiger partial charge in [-0.15, -0.1) is 0 Å². The Labute approximate surface area is 277 Å². The van der Waals surface area contributed by atoms with Crippen LogP contribution in [-0.4, -0.2) is 56.3 Å². The van der Waals surface area contributed by atoms with Crippen LogP contribution in [0.25, 0.3) is 5.57 Å². The number of benzene rings is 2. The standard InChI is InChI=1S/C37H41F3N4O4/c1-35(2,3)21-30(45)43-17-12-23(13-18-43)24-7-4-9-26(19-24)36(14-15-36)34-41-29-11-6-16-44(22-28(29)32(47)42-34)33(48)31(46)25-8-5-10-27(20-25)37(38,39)40/h4-5,7-10,12,19-20,31,46H,6,11,13-18,21-22H2,1-3H3,(H,41,42,47)/t31-/m1/s1. The number of alkyl halides is 3. The van der Waals surface area contributed by atoms with E-state index in [0.29, 0.717) is 49.4 Å². The molecule has 2 aromatic carbocycles. The summed E-state index contributed by atoms with van der Waals surface area (Å²) in [5.74, 6) is -0.00954. The second-order valence-corrected chi connectivity index (χ2v) is 14.4. The highest BCUT2D eigenvalue weighted by atomic mass is 19.4. The number of aliphatic hydroxyl groups is 1. The van der Waals surface area contributed by atoms with E-state index in [4.69, 9.17) is 4.98 Å². The summed E-state index contributed by atoms with van der Waals surface area (Å²) in [6, 6.07) is 12.4. The summed E-state index contributed by atoms with van der Waals surface area (Å²) < 4.78 is 39.7. The summed E-state index contributed by atoms with van der Waals surface area (Å²) in [7, 11) is 0. The van der Waals surface area contributed by atoms with E-state index in [2.05, 4.69) is 50.0 Å². The Morgan fingerprint density at radius 2 is 1.77 bits per heavy atom. The number of H-pyrrole nitrogens is 1. The van der Waals surface area contributed by atoms with E-state index in [1.165, 1.54) is 16.5 Å². The van der Waals surface area contributed by atoms with Crippen molar-refractivity contribution in [3.63, 3.8) is 0 Å². The van der Waals surface area contributed by atoms with E-state index in [0.717, 1.165) is 48.6 Å². The van der Waals surface area contributed by atoms with Gasteiger partial charge in [-0.3, -0.25) is 14.4 Å². The van der Waals surface area contributed by atoms with Crippen LogP contribution in [0.15, 0.2) is 59.4 Å². The van der Waals surface area contributed by atoms with Gasteiger partial charge in [-0.25, -0.2) is 4.98 Å². The van der Waals surface area contributed by atoms with Crippen molar-refractivity contribution in [2.75, 3.05) is 19.6 Å². The maximum absolute atomic E-state index is 13.5. The van der Waals surface area contributed by atoms with Crippen molar-refractivity contribution in [3.8, 4) is 0 Å². The van der Waals surface area contributed by atoms with Gasteiger partial charge >= 0.3 is 6.18 Å². The van der Waals surface area contributed by atoms with E-state index in [1.807, 2.05) is 11.0 Å². The zero-order valence-electron chi connectivity index (χ0n) is 27.5. The normalized spacial score (nSPS) is 18.4. The van der Waals surface area contributed by atoms with Crippen LogP contribution in [-0.2, 0) is 34.1 Å². The van der Waals surface area contributed by atoms with Crippen LogP contribution in [0.4, 0.5) is 13.2 Å². The molecule has 1 fully saturated rings. The first-order valence-electron chi connectivity index (χ1n) is 16.5. The second kappa shape index (κ2) is 12.7. The Hall–Kier alpha value is -4.25. The predicted octanol–water partition coefficient (Wildman–Crippen LogP) is 5.93. The van der Waals surface area contributed by atoms with Crippen molar-refractivity contribution in [2.45, 2.75) is 83.5 Å². The Bertz CT molecular complexity index is 1820.